The number of nitrogens with zero attached hydrogens (tertiary/aromatic N) is 2. The second-order valence-corrected chi connectivity index (χ2v) is 8.62. The molecule has 0 spiro atoms. The number of rotatable bonds is 6. The van der Waals surface area contributed by atoms with Crippen LogP contribution in [0.4, 0.5) is 17.2 Å². The molecule has 0 radical (unpaired) electrons. The molecule has 156 valence electrons. The standard InChI is InChI=1S/C20H21N5O3S2/c1-13-8-14(2)10-16(9-13)24-20(29)23-15-4-6-17(7-5-15)30(26,27)25-18-11-19(28-3)22-12-21-18/h4-12H,1-3H3,(H,21,22,25)(H2,23,24,29). The van der Waals surface area contributed by atoms with E-state index in [2.05, 4.69) is 31.4 Å². The molecule has 3 aromatic rings. The number of hydrogen-bond acceptors (Lipinski definition) is 6. The molecule has 0 fully saturated rings. The molecule has 0 bridgehead atoms. The molecule has 3 N–H and O–H groups in total. The minimum Gasteiger partial charge on any atom is -0.481 e. The number of hydrogen-bond donors (Lipinski definition) is 3. The molecular weight excluding hydrogens is 422 g/mol. The summed E-state index contributed by atoms with van der Waals surface area (Å²) in [7, 11) is -2.38. The van der Waals surface area contributed by atoms with Crippen molar-refractivity contribution < 1.29 is 13.2 Å². The summed E-state index contributed by atoms with van der Waals surface area (Å²) in [5, 5.41) is 6.57. The number of aryl methyl sites for hydroxylation is 2. The van der Waals surface area contributed by atoms with Crippen molar-refractivity contribution in [2.45, 2.75) is 18.7 Å². The zero-order chi connectivity index (χ0) is 21.7. The van der Waals surface area contributed by atoms with Crippen LogP contribution in [0.5, 0.6) is 5.88 Å². The van der Waals surface area contributed by atoms with Crippen molar-refractivity contribution in [1.82, 2.24) is 9.97 Å². The highest BCUT2D eigenvalue weighted by Crippen LogP contribution is 2.19. The Morgan fingerprint density at radius 2 is 1.57 bits per heavy atom. The predicted octanol–water partition coefficient (Wildman–Crippen LogP) is 3.71. The number of thiocarbonyl (C=S) groups is 1. The van der Waals surface area contributed by atoms with Gasteiger partial charge in [-0.2, -0.15) is 0 Å². The minimum atomic E-state index is -3.81. The maximum atomic E-state index is 12.6. The molecule has 1 aromatic heterocycles. The summed E-state index contributed by atoms with van der Waals surface area (Å²) in [6.45, 7) is 4.03. The highest BCUT2D eigenvalue weighted by atomic mass is 32.2. The fourth-order valence-corrected chi connectivity index (χ4v) is 4.00. The van der Waals surface area contributed by atoms with Crippen LogP contribution in [0.15, 0.2) is 59.8 Å². The first-order valence-corrected chi connectivity index (χ1v) is 10.8. The van der Waals surface area contributed by atoms with Crippen molar-refractivity contribution in [1.29, 1.82) is 0 Å². The molecule has 10 heteroatoms. The Morgan fingerprint density at radius 1 is 0.933 bits per heavy atom. The Kier molecular flexibility index (Phi) is 6.48. The summed E-state index contributed by atoms with van der Waals surface area (Å²) in [5.41, 5.74) is 3.79. The summed E-state index contributed by atoms with van der Waals surface area (Å²) in [6.07, 6.45) is 1.22. The van der Waals surface area contributed by atoms with Crippen molar-refractivity contribution in [2.24, 2.45) is 0 Å². The van der Waals surface area contributed by atoms with E-state index in [1.54, 1.807) is 12.1 Å². The number of ether oxygens (including phenoxy) is 1. The fourth-order valence-electron chi connectivity index (χ4n) is 2.76. The van der Waals surface area contributed by atoms with E-state index in [9.17, 15) is 8.42 Å². The van der Waals surface area contributed by atoms with E-state index in [0.29, 0.717) is 10.8 Å². The van der Waals surface area contributed by atoms with E-state index in [-0.39, 0.29) is 16.6 Å². The van der Waals surface area contributed by atoms with Crippen LogP contribution in [-0.2, 0) is 10.0 Å². The van der Waals surface area contributed by atoms with E-state index in [1.165, 1.54) is 31.6 Å². The van der Waals surface area contributed by atoms with E-state index in [4.69, 9.17) is 17.0 Å². The SMILES string of the molecule is COc1cc(NS(=O)(=O)c2ccc(NC(=S)Nc3cc(C)cc(C)c3)cc2)ncn1. The van der Waals surface area contributed by atoms with Crippen molar-refractivity contribution in [3.63, 3.8) is 0 Å². The molecule has 0 aliphatic rings. The number of aromatic nitrogens is 2. The first kappa shape index (κ1) is 21.5. The molecule has 2 aromatic carbocycles. The van der Waals surface area contributed by atoms with Crippen LogP contribution in [0.25, 0.3) is 0 Å². The zero-order valence-corrected chi connectivity index (χ0v) is 18.3. The molecule has 0 unspecified atom stereocenters. The van der Waals surface area contributed by atoms with Crippen LogP contribution in [0.3, 0.4) is 0 Å². The Hall–Kier alpha value is -3.24. The van der Waals surface area contributed by atoms with Crippen molar-refractivity contribution in [3.8, 4) is 5.88 Å². The summed E-state index contributed by atoms with van der Waals surface area (Å²) in [6, 6.07) is 13.7. The lowest BCUT2D eigenvalue weighted by molar-refractivity contribution is 0.397. The molecule has 3 rings (SSSR count). The molecule has 0 aliphatic heterocycles. The van der Waals surface area contributed by atoms with Gasteiger partial charge in [0.05, 0.1) is 12.0 Å². The Morgan fingerprint density at radius 3 is 2.20 bits per heavy atom. The quantitative estimate of drug-likeness (QED) is 0.495. The predicted molar refractivity (Wildman–Crippen MR) is 122 cm³/mol. The van der Waals surface area contributed by atoms with Gasteiger partial charge in [-0.05, 0) is 73.6 Å². The van der Waals surface area contributed by atoms with Gasteiger partial charge in [0.1, 0.15) is 12.1 Å². The molecule has 30 heavy (non-hydrogen) atoms. The van der Waals surface area contributed by atoms with Crippen LogP contribution in [0.1, 0.15) is 11.1 Å². The van der Waals surface area contributed by atoms with E-state index < -0.39 is 10.0 Å². The van der Waals surface area contributed by atoms with Gasteiger partial charge in [-0.25, -0.2) is 18.4 Å². The van der Waals surface area contributed by atoms with Crippen molar-refractivity contribution in [2.75, 3.05) is 22.5 Å². The van der Waals surface area contributed by atoms with Crippen LogP contribution in [0.2, 0.25) is 0 Å². The second kappa shape index (κ2) is 9.06. The lowest BCUT2D eigenvalue weighted by Crippen LogP contribution is -2.19. The maximum absolute atomic E-state index is 12.6. The van der Waals surface area contributed by atoms with E-state index >= 15 is 0 Å². The normalized spacial score (nSPS) is 10.9. The topological polar surface area (TPSA) is 105 Å². The van der Waals surface area contributed by atoms with Crippen LogP contribution in [0, 0.1) is 13.8 Å². The Balaban J connectivity index is 1.66. The monoisotopic (exact) mass is 443 g/mol. The molecule has 1 heterocycles. The first-order chi connectivity index (χ1) is 14.2. The minimum absolute atomic E-state index is 0.0822. The summed E-state index contributed by atoms with van der Waals surface area (Å²) in [4.78, 5) is 7.81. The number of benzene rings is 2. The Bertz CT molecular complexity index is 1150. The summed E-state index contributed by atoms with van der Waals surface area (Å²) < 4.78 is 32.5. The average Bonchev–Trinajstić information content (AvgIpc) is 2.67. The molecule has 0 atom stereocenters. The van der Waals surface area contributed by atoms with Gasteiger partial charge in [0.2, 0.25) is 5.88 Å². The van der Waals surface area contributed by atoms with Gasteiger partial charge < -0.3 is 15.4 Å². The number of nitrogens with one attached hydrogen (secondary N) is 3. The number of sulfonamides is 1. The van der Waals surface area contributed by atoms with E-state index in [1.807, 2.05) is 26.0 Å². The smallest absolute Gasteiger partial charge is 0.263 e. The van der Waals surface area contributed by atoms with Crippen molar-refractivity contribution in [3.05, 3.63) is 66.0 Å². The third-order valence-corrected chi connectivity index (χ3v) is 5.57. The molecule has 0 saturated carbocycles. The largest absolute Gasteiger partial charge is 0.481 e. The summed E-state index contributed by atoms with van der Waals surface area (Å²) >= 11 is 5.34. The van der Waals surface area contributed by atoms with Crippen LogP contribution < -0.4 is 20.1 Å². The van der Waals surface area contributed by atoms with Gasteiger partial charge in [-0.3, -0.25) is 4.72 Å². The molecule has 8 nitrogen and oxygen atoms in total. The number of methoxy groups -OCH3 is 1. The van der Waals surface area contributed by atoms with Crippen molar-refractivity contribution >= 4 is 44.5 Å². The highest BCUT2D eigenvalue weighted by Gasteiger charge is 2.15. The molecule has 0 amide bonds. The Labute approximate surface area is 180 Å². The maximum Gasteiger partial charge on any atom is 0.263 e. The zero-order valence-electron chi connectivity index (χ0n) is 16.6. The lowest BCUT2D eigenvalue weighted by Gasteiger charge is -2.13. The number of anilines is 3. The van der Waals surface area contributed by atoms with Gasteiger partial charge >= 0.3 is 0 Å². The van der Waals surface area contributed by atoms with Crippen LogP contribution in [-0.4, -0.2) is 30.6 Å². The van der Waals surface area contributed by atoms with E-state index in [0.717, 1.165) is 16.8 Å². The van der Waals surface area contributed by atoms with Gasteiger partial charge in [-0.15, -0.1) is 0 Å². The third kappa shape index (κ3) is 5.65. The lowest BCUT2D eigenvalue weighted by atomic mass is 10.1. The van der Waals surface area contributed by atoms with Crippen LogP contribution >= 0.6 is 12.2 Å². The molecular formula is C20H21N5O3S2. The van der Waals surface area contributed by atoms with Gasteiger partial charge in [0, 0.05) is 17.4 Å². The molecule has 0 saturated heterocycles. The van der Waals surface area contributed by atoms with Gasteiger partial charge in [-0.1, -0.05) is 6.07 Å². The average molecular weight is 444 g/mol. The highest BCUT2D eigenvalue weighted by molar-refractivity contribution is 7.92. The fraction of sp³-hybridized carbons (Fsp3) is 0.150. The second-order valence-electron chi connectivity index (χ2n) is 6.53. The summed E-state index contributed by atoms with van der Waals surface area (Å²) in [5.74, 6) is 0.370. The third-order valence-electron chi connectivity index (χ3n) is 3.99. The molecule has 0 aliphatic carbocycles. The van der Waals surface area contributed by atoms with Gasteiger partial charge in [0.25, 0.3) is 10.0 Å². The first-order valence-electron chi connectivity index (χ1n) is 8.90. The van der Waals surface area contributed by atoms with Gasteiger partial charge in [0.15, 0.2) is 5.11 Å².